The van der Waals surface area contributed by atoms with Crippen LogP contribution in [0.25, 0.3) is 0 Å². The molecule has 0 aromatic heterocycles. The van der Waals surface area contributed by atoms with Crippen molar-refractivity contribution in [2.24, 2.45) is 0 Å². The molecule has 0 radical (unpaired) electrons. The van der Waals surface area contributed by atoms with E-state index in [-0.39, 0.29) is 0 Å². The van der Waals surface area contributed by atoms with Crippen LogP contribution in [0.1, 0.15) is 0 Å². The summed E-state index contributed by atoms with van der Waals surface area (Å²) >= 11 is -3.47. The van der Waals surface area contributed by atoms with E-state index < -0.39 is 22.3 Å². The molecule has 0 rings (SSSR count). The monoisotopic (exact) mass is 160 g/mol. The molecule has 0 heterocycles. The Morgan fingerprint density at radius 2 is 1.89 bits per heavy atom. The number of rotatable bonds is 0. The molecule has 54 valence electrons. The normalized spacial score (nSPS) is 15.1. The molecule has 9 heavy (non-hydrogen) atoms. The topological polar surface area (TPSA) is 64.0 Å². The summed E-state index contributed by atoms with van der Waals surface area (Å²) in [6.45, 7) is 0. The van der Waals surface area contributed by atoms with Crippen LogP contribution in [0.5, 0.6) is 0 Å². The van der Waals surface area contributed by atoms with Crippen LogP contribution in [-0.4, -0.2) is 20.0 Å². The molecule has 7 heteroatoms. The second kappa shape index (κ2) is 2.44. The van der Waals surface area contributed by atoms with Crippen LogP contribution in [0.2, 0.25) is 0 Å². The minimum absolute atomic E-state index is 2.25. The molecule has 1 unspecified atom stereocenters. The average molecular weight is 160 g/mol. The molecule has 3 nitrogen and oxygen atoms in total. The van der Waals surface area contributed by atoms with Crippen molar-refractivity contribution in [1.82, 2.24) is 0 Å². The second-order valence-electron chi connectivity index (χ2n) is 1.06. The van der Waals surface area contributed by atoms with Crippen molar-refractivity contribution in [3.63, 3.8) is 0 Å². The highest BCUT2D eigenvalue weighted by Crippen LogP contribution is 2.16. The standard InChI is InChI=1S/C2H2F3NO2S/c3-2(4,5)1(6)9(7)8/h6H,(H,7,8)/p-1. The van der Waals surface area contributed by atoms with Gasteiger partial charge in [-0.25, -0.2) is 0 Å². The van der Waals surface area contributed by atoms with Gasteiger partial charge in [0.1, 0.15) is 0 Å². The molecule has 1 atom stereocenters. The fraction of sp³-hybridized carbons (Fsp3) is 0.500. The zero-order valence-corrected chi connectivity index (χ0v) is 4.68. The Morgan fingerprint density at radius 1 is 1.56 bits per heavy atom. The SMILES string of the molecule is N=C(S(=O)[O-])C(F)(F)F. The molecule has 0 saturated carbocycles. The third-order valence-corrected chi connectivity index (χ3v) is 0.989. The van der Waals surface area contributed by atoms with Crippen molar-refractivity contribution >= 4 is 16.1 Å². The predicted octanol–water partition coefficient (Wildman–Crippen LogP) is 0.405. The first kappa shape index (κ1) is 8.57. The minimum atomic E-state index is -5.05. The number of hydrogen-bond donors (Lipinski definition) is 1. The Morgan fingerprint density at radius 3 is 1.89 bits per heavy atom. The van der Waals surface area contributed by atoms with E-state index in [0.29, 0.717) is 0 Å². The summed E-state index contributed by atoms with van der Waals surface area (Å²) in [5, 5.41) is 3.61. The number of nitrogens with one attached hydrogen (secondary N) is 1. The molecule has 0 amide bonds. The smallest absolute Gasteiger partial charge is 0.440 e. The lowest BCUT2D eigenvalue weighted by Gasteiger charge is -2.08. The maximum absolute atomic E-state index is 11.1. The predicted molar refractivity (Wildman–Crippen MR) is 22.7 cm³/mol. The van der Waals surface area contributed by atoms with Crippen LogP contribution in [0.3, 0.4) is 0 Å². The average Bonchev–Trinajstić information content (AvgIpc) is 1.62. The number of alkyl halides is 3. The molecule has 0 spiro atoms. The van der Waals surface area contributed by atoms with Gasteiger partial charge in [-0.2, -0.15) is 13.2 Å². The van der Waals surface area contributed by atoms with E-state index in [1.165, 1.54) is 0 Å². The molecular formula is C2HF3NO2S-. The van der Waals surface area contributed by atoms with E-state index in [4.69, 9.17) is 5.41 Å². The van der Waals surface area contributed by atoms with E-state index in [1.807, 2.05) is 0 Å². The highest BCUT2D eigenvalue weighted by molar-refractivity contribution is 7.95. The van der Waals surface area contributed by atoms with Gasteiger partial charge in [0.05, 0.1) is 0 Å². The Bertz CT molecular complexity index is 152. The summed E-state index contributed by atoms with van der Waals surface area (Å²) in [5.74, 6) is 0. The zero-order valence-electron chi connectivity index (χ0n) is 3.86. The number of halogens is 3. The second-order valence-corrected chi connectivity index (χ2v) is 1.94. The lowest BCUT2D eigenvalue weighted by Crippen LogP contribution is -2.25. The van der Waals surface area contributed by atoms with Crippen molar-refractivity contribution in [2.45, 2.75) is 6.18 Å². The Hall–Kier alpha value is -0.430. The molecule has 0 aromatic carbocycles. The van der Waals surface area contributed by atoms with Crippen LogP contribution in [0.15, 0.2) is 0 Å². The Kier molecular flexibility index (Phi) is 2.32. The van der Waals surface area contributed by atoms with Crippen LogP contribution in [-0.2, 0) is 11.1 Å². The summed E-state index contributed by atoms with van der Waals surface area (Å²) in [6.07, 6.45) is -5.05. The van der Waals surface area contributed by atoms with Crippen LogP contribution >= 0.6 is 0 Å². The van der Waals surface area contributed by atoms with E-state index in [2.05, 4.69) is 0 Å². The first-order chi connectivity index (χ1) is 3.85. The molecule has 0 fully saturated rings. The highest BCUT2D eigenvalue weighted by Gasteiger charge is 2.35. The van der Waals surface area contributed by atoms with Crippen molar-refractivity contribution in [3.05, 3.63) is 0 Å². The molecular weight excluding hydrogens is 159 g/mol. The summed E-state index contributed by atoms with van der Waals surface area (Å²) in [4.78, 5) is 0. The molecule has 0 aliphatic heterocycles. The van der Waals surface area contributed by atoms with E-state index in [9.17, 15) is 21.9 Å². The summed E-state index contributed by atoms with van der Waals surface area (Å²) < 4.78 is 52.0. The zero-order chi connectivity index (χ0) is 7.65. The van der Waals surface area contributed by atoms with Gasteiger partial charge < -0.3 is 4.55 Å². The maximum atomic E-state index is 11.1. The van der Waals surface area contributed by atoms with Crippen molar-refractivity contribution < 1.29 is 21.9 Å². The summed E-state index contributed by atoms with van der Waals surface area (Å²) in [7, 11) is 0. The van der Waals surface area contributed by atoms with Crippen molar-refractivity contribution in [3.8, 4) is 0 Å². The van der Waals surface area contributed by atoms with Crippen LogP contribution in [0, 0.1) is 5.41 Å². The largest absolute Gasteiger partial charge is 0.767 e. The minimum Gasteiger partial charge on any atom is -0.767 e. The van der Waals surface area contributed by atoms with Gasteiger partial charge in [0.2, 0.25) is 0 Å². The fourth-order valence-electron chi connectivity index (χ4n) is 0.0945. The highest BCUT2D eigenvalue weighted by atomic mass is 32.2. The molecule has 0 saturated heterocycles. The first-order valence-corrected chi connectivity index (χ1v) is 2.68. The molecule has 1 N–H and O–H groups in total. The van der Waals surface area contributed by atoms with Gasteiger partial charge in [-0.1, -0.05) is 0 Å². The fourth-order valence-corrected chi connectivity index (χ4v) is 0.283. The van der Waals surface area contributed by atoms with E-state index in [1.54, 1.807) is 0 Å². The molecule has 0 aliphatic carbocycles. The van der Waals surface area contributed by atoms with E-state index >= 15 is 0 Å². The van der Waals surface area contributed by atoms with Crippen molar-refractivity contribution in [2.75, 3.05) is 0 Å². The van der Waals surface area contributed by atoms with Gasteiger partial charge in [-0.3, -0.25) is 9.62 Å². The van der Waals surface area contributed by atoms with Gasteiger partial charge in [0, 0.05) is 11.1 Å². The molecule has 0 bridgehead atoms. The molecule has 0 aliphatic rings. The maximum Gasteiger partial charge on any atom is 0.440 e. The Balaban J connectivity index is 4.23. The first-order valence-electron chi connectivity index (χ1n) is 1.60. The lowest BCUT2D eigenvalue weighted by atomic mass is 10.7. The van der Waals surface area contributed by atoms with Crippen LogP contribution in [0.4, 0.5) is 13.2 Å². The van der Waals surface area contributed by atoms with Gasteiger partial charge in [0.15, 0.2) is 5.04 Å². The third kappa shape index (κ3) is 2.56. The third-order valence-electron chi connectivity index (χ3n) is 0.424. The molecule has 0 aromatic rings. The van der Waals surface area contributed by atoms with E-state index in [0.717, 1.165) is 0 Å². The summed E-state index contributed by atoms with van der Waals surface area (Å²) in [5.41, 5.74) is 0. The summed E-state index contributed by atoms with van der Waals surface area (Å²) in [6, 6.07) is 0. The quantitative estimate of drug-likeness (QED) is 0.317. The number of hydrogen-bond acceptors (Lipinski definition) is 3. The van der Waals surface area contributed by atoms with Gasteiger partial charge >= 0.3 is 6.18 Å². The Labute approximate surface area is 50.7 Å². The van der Waals surface area contributed by atoms with Crippen LogP contribution < -0.4 is 0 Å². The van der Waals surface area contributed by atoms with Crippen molar-refractivity contribution in [1.29, 1.82) is 5.41 Å². The van der Waals surface area contributed by atoms with Gasteiger partial charge in [-0.05, 0) is 0 Å². The van der Waals surface area contributed by atoms with Gasteiger partial charge in [-0.15, -0.1) is 0 Å². The lowest BCUT2D eigenvalue weighted by molar-refractivity contribution is -0.0566. The van der Waals surface area contributed by atoms with Gasteiger partial charge in [0.25, 0.3) is 0 Å².